The molecule has 2 nitrogen and oxygen atoms in total. The number of nitrogens with zero attached hydrogens (tertiary/aromatic N) is 1. The maximum Gasteiger partial charge on any atom is 0.0449 e. The van der Waals surface area contributed by atoms with Gasteiger partial charge in [0, 0.05) is 12.6 Å². The van der Waals surface area contributed by atoms with Crippen molar-refractivity contribution in [2.45, 2.75) is 46.6 Å². The lowest BCUT2D eigenvalue weighted by atomic mass is 9.82. The van der Waals surface area contributed by atoms with Crippen LogP contribution in [0.5, 0.6) is 0 Å². The molecule has 0 bridgehead atoms. The summed E-state index contributed by atoms with van der Waals surface area (Å²) < 4.78 is 0. The molecule has 0 aliphatic carbocycles. The number of rotatable bonds is 5. The smallest absolute Gasteiger partial charge is 0.0449 e. The van der Waals surface area contributed by atoms with Crippen LogP contribution in [0.15, 0.2) is 24.3 Å². The monoisotopic (exact) mass is 274 g/mol. The molecule has 2 heteroatoms. The van der Waals surface area contributed by atoms with Gasteiger partial charge in [0.1, 0.15) is 0 Å². The van der Waals surface area contributed by atoms with Crippen LogP contribution in [0, 0.1) is 12.3 Å². The second kappa shape index (κ2) is 6.73. The topological polar surface area (TPSA) is 15.3 Å². The second-order valence-electron chi connectivity index (χ2n) is 6.99. The van der Waals surface area contributed by atoms with Crippen LogP contribution in [0.4, 0.5) is 0 Å². The van der Waals surface area contributed by atoms with Crippen molar-refractivity contribution in [1.29, 1.82) is 0 Å². The maximum atomic E-state index is 3.64. The van der Waals surface area contributed by atoms with Gasteiger partial charge >= 0.3 is 0 Å². The van der Waals surface area contributed by atoms with Gasteiger partial charge in [0.25, 0.3) is 0 Å². The van der Waals surface area contributed by atoms with Crippen molar-refractivity contribution in [2.24, 2.45) is 5.41 Å². The number of benzene rings is 1. The molecule has 1 saturated heterocycles. The van der Waals surface area contributed by atoms with Gasteiger partial charge in [-0.3, -0.25) is 0 Å². The van der Waals surface area contributed by atoms with Crippen molar-refractivity contribution in [2.75, 3.05) is 26.2 Å². The van der Waals surface area contributed by atoms with E-state index < -0.39 is 0 Å². The number of aryl methyl sites for hydroxylation is 1. The van der Waals surface area contributed by atoms with Crippen molar-refractivity contribution < 1.29 is 0 Å². The third kappa shape index (κ3) is 4.32. The van der Waals surface area contributed by atoms with Crippen LogP contribution in [0.25, 0.3) is 0 Å². The molecule has 0 spiro atoms. The summed E-state index contributed by atoms with van der Waals surface area (Å²) >= 11 is 0. The molecule has 0 saturated carbocycles. The molecule has 1 fully saturated rings. The molecule has 2 rings (SSSR count). The van der Waals surface area contributed by atoms with Crippen molar-refractivity contribution in [3.8, 4) is 0 Å². The van der Waals surface area contributed by atoms with E-state index in [4.69, 9.17) is 0 Å². The molecular formula is C18H30N2. The molecule has 1 N–H and O–H groups in total. The van der Waals surface area contributed by atoms with Gasteiger partial charge in [-0.05, 0) is 50.4 Å². The van der Waals surface area contributed by atoms with Crippen LogP contribution in [0.1, 0.15) is 50.8 Å². The Kier molecular flexibility index (Phi) is 5.22. The van der Waals surface area contributed by atoms with Crippen LogP contribution in [-0.2, 0) is 0 Å². The minimum Gasteiger partial charge on any atom is -0.309 e. The van der Waals surface area contributed by atoms with Crippen LogP contribution < -0.4 is 5.32 Å². The van der Waals surface area contributed by atoms with E-state index in [-0.39, 0.29) is 0 Å². The Morgan fingerprint density at radius 2 is 1.75 bits per heavy atom. The average molecular weight is 274 g/mol. The van der Waals surface area contributed by atoms with Gasteiger partial charge in [-0.1, -0.05) is 50.6 Å². The summed E-state index contributed by atoms with van der Waals surface area (Å²) in [6.07, 6.45) is 2.64. The molecule has 1 aliphatic heterocycles. The highest BCUT2D eigenvalue weighted by Crippen LogP contribution is 2.30. The van der Waals surface area contributed by atoms with E-state index in [2.05, 4.69) is 62.2 Å². The third-order valence-electron chi connectivity index (χ3n) is 4.58. The van der Waals surface area contributed by atoms with Gasteiger partial charge in [-0.15, -0.1) is 0 Å². The molecule has 0 amide bonds. The zero-order valence-electron chi connectivity index (χ0n) is 13.6. The van der Waals surface area contributed by atoms with E-state index in [1.54, 1.807) is 0 Å². The van der Waals surface area contributed by atoms with Gasteiger partial charge in [-0.25, -0.2) is 0 Å². The molecule has 1 unspecified atom stereocenters. The van der Waals surface area contributed by atoms with E-state index in [0.717, 1.165) is 13.1 Å². The summed E-state index contributed by atoms with van der Waals surface area (Å²) in [5, 5.41) is 3.64. The average Bonchev–Trinajstić information content (AvgIpc) is 2.41. The van der Waals surface area contributed by atoms with E-state index >= 15 is 0 Å². The molecular weight excluding hydrogens is 244 g/mol. The summed E-state index contributed by atoms with van der Waals surface area (Å²) in [4.78, 5) is 2.62. The lowest BCUT2D eigenvalue weighted by molar-refractivity contribution is 0.122. The quantitative estimate of drug-likeness (QED) is 0.879. The number of piperidine rings is 1. The molecule has 0 aromatic heterocycles. The Morgan fingerprint density at radius 1 is 1.15 bits per heavy atom. The number of likely N-dealkylation sites (N-methyl/N-ethyl adjacent to an activating group) is 1. The first-order chi connectivity index (χ1) is 9.50. The maximum absolute atomic E-state index is 3.64. The molecule has 1 atom stereocenters. The standard InChI is InChI=1S/C18H30N2/c1-5-19-17(16-8-6-15(2)7-9-16)14-20-12-10-18(3,4)11-13-20/h6-9,17,19H,5,10-14H2,1-4H3. The Balaban J connectivity index is 1.97. The normalized spacial score (nSPS) is 20.8. The fourth-order valence-electron chi connectivity index (χ4n) is 2.93. The highest BCUT2D eigenvalue weighted by Gasteiger charge is 2.26. The van der Waals surface area contributed by atoms with Gasteiger partial charge in [0.15, 0.2) is 0 Å². The van der Waals surface area contributed by atoms with Crippen molar-refractivity contribution in [3.05, 3.63) is 35.4 Å². The number of likely N-dealkylation sites (tertiary alicyclic amines) is 1. The predicted octanol–water partition coefficient (Wildman–Crippen LogP) is 3.77. The summed E-state index contributed by atoms with van der Waals surface area (Å²) in [5.74, 6) is 0. The predicted molar refractivity (Wildman–Crippen MR) is 87.1 cm³/mol. The largest absolute Gasteiger partial charge is 0.309 e. The van der Waals surface area contributed by atoms with Crippen LogP contribution in [0.3, 0.4) is 0 Å². The SMILES string of the molecule is CCNC(CN1CCC(C)(C)CC1)c1ccc(C)cc1. The first kappa shape index (κ1) is 15.5. The van der Waals surface area contributed by atoms with Crippen molar-refractivity contribution in [1.82, 2.24) is 10.2 Å². The highest BCUT2D eigenvalue weighted by molar-refractivity contribution is 5.24. The fraction of sp³-hybridized carbons (Fsp3) is 0.667. The molecule has 1 aliphatic rings. The Labute approximate surface area is 124 Å². The van der Waals surface area contributed by atoms with E-state index in [9.17, 15) is 0 Å². The Hall–Kier alpha value is -0.860. The fourth-order valence-corrected chi connectivity index (χ4v) is 2.93. The Morgan fingerprint density at radius 3 is 2.30 bits per heavy atom. The summed E-state index contributed by atoms with van der Waals surface area (Å²) in [7, 11) is 0. The first-order valence-corrected chi connectivity index (χ1v) is 8.02. The molecule has 112 valence electrons. The lowest BCUT2D eigenvalue weighted by Crippen LogP contribution is -2.42. The van der Waals surface area contributed by atoms with Crippen molar-refractivity contribution in [3.63, 3.8) is 0 Å². The van der Waals surface area contributed by atoms with E-state index in [0.29, 0.717) is 11.5 Å². The molecule has 20 heavy (non-hydrogen) atoms. The summed E-state index contributed by atoms with van der Waals surface area (Å²) in [5.41, 5.74) is 3.29. The van der Waals surface area contributed by atoms with Crippen LogP contribution >= 0.6 is 0 Å². The molecule has 1 aromatic rings. The number of nitrogens with one attached hydrogen (secondary N) is 1. The highest BCUT2D eigenvalue weighted by atomic mass is 15.2. The Bertz CT molecular complexity index is 398. The van der Waals surface area contributed by atoms with Crippen LogP contribution in [0.2, 0.25) is 0 Å². The van der Waals surface area contributed by atoms with Gasteiger partial charge in [0.05, 0.1) is 0 Å². The van der Waals surface area contributed by atoms with Gasteiger partial charge in [-0.2, -0.15) is 0 Å². The summed E-state index contributed by atoms with van der Waals surface area (Å²) in [6.45, 7) is 13.8. The van der Waals surface area contributed by atoms with Crippen LogP contribution in [-0.4, -0.2) is 31.1 Å². The second-order valence-corrected chi connectivity index (χ2v) is 6.99. The van der Waals surface area contributed by atoms with E-state index in [1.807, 2.05) is 0 Å². The summed E-state index contributed by atoms with van der Waals surface area (Å²) in [6, 6.07) is 9.45. The van der Waals surface area contributed by atoms with E-state index in [1.165, 1.54) is 37.1 Å². The van der Waals surface area contributed by atoms with Gasteiger partial charge in [0.2, 0.25) is 0 Å². The zero-order chi connectivity index (χ0) is 14.6. The number of hydrogen-bond donors (Lipinski definition) is 1. The molecule has 1 heterocycles. The lowest BCUT2D eigenvalue weighted by Gasteiger charge is -2.38. The van der Waals surface area contributed by atoms with Gasteiger partial charge < -0.3 is 10.2 Å². The zero-order valence-corrected chi connectivity index (χ0v) is 13.6. The minimum absolute atomic E-state index is 0.460. The third-order valence-corrected chi connectivity index (χ3v) is 4.58. The minimum atomic E-state index is 0.460. The van der Waals surface area contributed by atoms with Crippen molar-refractivity contribution >= 4 is 0 Å². The number of hydrogen-bond acceptors (Lipinski definition) is 2. The molecule has 1 aromatic carbocycles. The molecule has 0 radical (unpaired) electrons. The first-order valence-electron chi connectivity index (χ1n) is 8.02.